The van der Waals surface area contributed by atoms with Crippen LogP contribution in [0.1, 0.15) is 19.3 Å². The summed E-state index contributed by atoms with van der Waals surface area (Å²) in [6, 6.07) is 0.443. The van der Waals surface area contributed by atoms with Gasteiger partial charge in [-0.05, 0) is 19.4 Å². The van der Waals surface area contributed by atoms with Gasteiger partial charge in [0.15, 0.2) is 0 Å². The minimum Gasteiger partial charge on any atom is -0.481 e. The van der Waals surface area contributed by atoms with Crippen LogP contribution >= 0.6 is 0 Å². The first-order valence-electron chi connectivity index (χ1n) is 4.32. The van der Waals surface area contributed by atoms with Gasteiger partial charge in [-0.25, -0.2) is 0 Å². The van der Waals surface area contributed by atoms with Gasteiger partial charge in [-0.2, -0.15) is 0 Å². The first kappa shape index (κ1) is 9.48. The Morgan fingerprint density at radius 3 is 3.08 bits per heavy atom. The van der Waals surface area contributed by atoms with Crippen LogP contribution < -0.4 is 5.32 Å². The Kier molecular flexibility index (Phi) is 4.04. The number of hydrogen-bond donors (Lipinski definition) is 2. The summed E-state index contributed by atoms with van der Waals surface area (Å²) >= 11 is 0. The van der Waals surface area contributed by atoms with Crippen LogP contribution in [0.3, 0.4) is 0 Å². The molecular weight excluding hydrogens is 158 g/mol. The van der Waals surface area contributed by atoms with Gasteiger partial charge in [-0.1, -0.05) is 0 Å². The van der Waals surface area contributed by atoms with E-state index in [1.54, 1.807) is 0 Å². The van der Waals surface area contributed by atoms with E-state index in [1.807, 2.05) is 0 Å². The smallest absolute Gasteiger partial charge is 0.305 e. The normalized spacial score (nSPS) is 22.8. The SMILES string of the molecule is O=C(O)CCOC[C@H]1CCCN1. The molecule has 1 atom stereocenters. The Morgan fingerprint density at radius 2 is 2.50 bits per heavy atom. The van der Waals surface area contributed by atoms with Crippen LogP contribution in [0.4, 0.5) is 0 Å². The maximum absolute atomic E-state index is 10.1. The highest BCUT2D eigenvalue weighted by Crippen LogP contribution is 2.04. The molecule has 0 aliphatic carbocycles. The van der Waals surface area contributed by atoms with Crippen molar-refractivity contribution < 1.29 is 14.6 Å². The number of nitrogens with one attached hydrogen (secondary N) is 1. The van der Waals surface area contributed by atoms with Crippen molar-refractivity contribution >= 4 is 5.97 Å². The van der Waals surface area contributed by atoms with Crippen molar-refractivity contribution in [2.75, 3.05) is 19.8 Å². The summed E-state index contributed by atoms with van der Waals surface area (Å²) in [5, 5.41) is 11.6. The van der Waals surface area contributed by atoms with Crippen LogP contribution in [0, 0.1) is 0 Å². The van der Waals surface area contributed by atoms with Crippen LogP contribution in [0.2, 0.25) is 0 Å². The average molecular weight is 173 g/mol. The minimum atomic E-state index is -0.797. The van der Waals surface area contributed by atoms with Gasteiger partial charge in [0.05, 0.1) is 19.6 Å². The number of aliphatic carboxylic acids is 1. The van der Waals surface area contributed by atoms with Crippen LogP contribution in [-0.4, -0.2) is 36.9 Å². The van der Waals surface area contributed by atoms with Crippen molar-refractivity contribution in [1.29, 1.82) is 0 Å². The van der Waals surface area contributed by atoms with E-state index < -0.39 is 5.97 Å². The predicted octanol–water partition coefficient (Wildman–Crippen LogP) is 0.230. The Morgan fingerprint density at radius 1 is 1.67 bits per heavy atom. The molecular formula is C8H15NO3. The quantitative estimate of drug-likeness (QED) is 0.584. The van der Waals surface area contributed by atoms with Gasteiger partial charge in [-0.15, -0.1) is 0 Å². The van der Waals surface area contributed by atoms with Crippen molar-refractivity contribution in [2.45, 2.75) is 25.3 Å². The molecule has 4 heteroatoms. The zero-order valence-electron chi connectivity index (χ0n) is 7.08. The number of hydrogen-bond acceptors (Lipinski definition) is 3. The molecule has 0 radical (unpaired) electrons. The predicted molar refractivity (Wildman–Crippen MR) is 44.1 cm³/mol. The van der Waals surface area contributed by atoms with Crippen LogP contribution in [0.15, 0.2) is 0 Å². The lowest BCUT2D eigenvalue weighted by atomic mass is 10.2. The Bertz CT molecular complexity index is 143. The maximum atomic E-state index is 10.1. The molecule has 0 saturated carbocycles. The summed E-state index contributed by atoms with van der Waals surface area (Å²) < 4.78 is 5.19. The minimum absolute atomic E-state index is 0.104. The fourth-order valence-electron chi connectivity index (χ4n) is 1.28. The van der Waals surface area contributed by atoms with Gasteiger partial charge in [-0.3, -0.25) is 4.79 Å². The second-order valence-electron chi connectivity index (χ2n) is 3.01. The maximum Gasteiger partial charge on any atom is 0.305 e. The molecule has 1 rings (SSSR count). The van der Waals surface area contributed by atoms with Crippen molar-refractivity contribution in [3.05, 3.63) is 0 Å². The summed E-state index contributed by atoms with van der Waals surface area (Å²) in [5.41, 5.74) is 0. The lowest BCUT2D eigenvalue weighted by molar-refractivity contribution is -0.138. The van der Waals surface area contributed by atoms with E-state index in [0.717, 1.165) is 13.0 Å². The Labute approximate surface area is 71.9 Å². The zero-order chi connectivity index (χ0) is 8.81. The molecule has 0 unspecified atom stereocenters. The average Bonchev–Trinajstić information content (AvgIpc) is 2.49. The molecule has 0 bridgehead atoms. The van der Waals surface area contributed by atoms with Gasteiger partial charge in [0.25, 0.3) is 0 Å². The molecule has 0 aromatic carbocycles. The number of carbonyl (C=O) groups is 1. The molecule has 70 valence electrons. The summed E-state index contributed by atoms with van der Waals surface area (Å²) in [5.74, 6) is -0.797. The fraction of sp³-hybridized carbons (Fsp3) is 0.875. The van der Waals surface area contributed by atoms with E-state index in [0.29, 0.717) is 19.3 Å². The largest absolute Gasteiger partial charge is 0.481 e. The lowest BCUT2D eigenvalue weighted by Crippen LogP contribution is -2.27. The molecule has 1 heterocycles. The topological polar surface area (TPSA) is 58.6 Å². The summed E-state index contributed by atoms with van der Waals surface area (Å²) in [6.07, 6.45) is 2.45. The summed E-state index contributed by atoms with van der Waals surface area (Å²) in [6.45, 7) is 2.04. The molecule has 0 aromatic heterocycles. The second-order valence-corrected chi connectivity index (χ2v) is 3.01. The van der Waals surface area contributed by atoms with Crippen molar-refractivity contribution in [1.82, 2.24) is 5.32 Å². The van der Waals surface area contributed by atoms with Gasteiger partial charge in [0, 0.05) is 6.04 Å². The van der Waals surface area contributed by atoms with E-state index in [2.05, 4.69) is 5.32 Å². The van der Waals surface area contributed by atoms with Gasteiger partial charge >= 0.3 is 5.97 Å². The van der Waals surface area contributed by atoms with E-state index in [-0.39, 0.29) is 6.42 Å². The Balaban J connectivity index is 1.91. The van der Waals surface area contributed by atoms with Gasteiger partial charge < -0.3 is 15.2 Å². The molecule has 0 spiro atoms. The third-order valence-corrected chi connectivity index (χ3v) is 1.94. The monoisotopic (exact) mass is 173 g/mol. The van der Waals surface area contributed by atoms with Gasteiger partial charge in [0.1, 0.15) is 0 Å². The van der Waals surface area contributed by atoms with E-state index in [4.69, 9.17) is 9.84 Å². The third kappa shape index (κ3) is 3.69. The first-order chi connectivity index (χ1) is 5.79. The second kappa shape index (κ2) is 5.11. The van der Waals surface area contributed by atoms with Crippen LogP contribution in [-0.2, 0) is 9.53 Å². The first-order valence-corrected chi connectivity index (χ1v) is 4.32. The zero-order valence-corrected chi connectivity index (χ0v) is 7.08. The molecule has 1 aliphatic heterocycles. The molecule has 12 heavy (non-hydrogen) atoms. The Hall–Kier alpha value is -0.610. The molecule has 2 N–H and O–H groups in total. The van der Waals surface area contributed by atoms with Crippen LogP contribution in [0.25, 0.3) is 0 Å². The van der Waals surface area contributed by atoms with E-state index >= 15 is 0 Å². The molecule has 1 saturated heterocycles. The van der Waals surface area contributed by atoms with Crippen LogP contribution in [0.5, 0.6) is 0 Å². The number of carboxylic acid groups (broad SMARTS) is 1. The molecule has 1 aliphatic rings. The molecule has 4 nitrogen and oxygen atoms in total. The third-order valence-electron chi connectivity index (χ3n) is 1.94. The van der Waals surface area contributed by atoms with E-state index in [9.17, 15) is 4.79 Å². The van der Waals surface area contributed by atoms with Crippen molar-refractivity contribution in [3.8, 4) is 0 Å². The summed E-state index contributed by atoms with van der Waals surface area (Å²) in [4.78, 5) is 10.1. The number of ether oxygens (including phenoxy) is 1. The highest BCUT2D eigenvalue weighted by atomic mass is 16.5. The fourth-order valence-corrected chi connectivity index (χ4v) is 1.28. The summed E-state index contributed by atoms with van der Waals surface area (Å²) in [7, 11) is 0. The lowest BCUT2D eigenvalue weighted by Gasteiger charge is -2.09. The molecule has 0 amide bonds. The molecule has 0 aromatic rings. The van der Waals surface area contributed by atoms with Gasteiger partial charge in [0.2, 0.25) is 0 Å². The standard InChI is InChI=1S/C8H15NO3/c10-8(11)3-5-12-6-7-2-1-4-9-7/h7,9H,1-6H2,(H,10,11)/t7-/m1/s1. The van der Waals surface area contributed by atoms with Crippen molar-refractivity contribution in [3.63, 3.8) is 0 Å². The molecule has 1 fully saturated rings. The van der Waals surface area contributed by atoms with Crippen molar-refractivity contribution in [2.24, 2.45) is 0 Å². The number of carboxylic acids is 1. The highest BCUT2D eigenvalue weighted by Gasteiger charge is 2.13. The highest BCUT2D eigenvalue weighted by molar-refractivity contribution is 5.66. The van der Waals surface area contributed by atoms with E-state index in [1.165, 1.54) is 6.42 Å². The number of rotatable bonds is 5.